The molecule has 6 heteroatoms. The smallest absolute Gasteiger partial charge is 0.236 e. The third-order valence-electron chi connectivity index (χ3n) is 4.94. The lowest BCUT2D eigenvalue weighted by Gasteiger charge is -2.43. The summed E-state index contributed by atoms with van der Waals surface area (Å²) in [6.45, 7) is 13.3. The van der Waals surface area contributed by atoms with Crippen LogP contribution in [-0.4, -0.2) is 104 Å². The molecule has 2 saturated heterocycles. The lowest BCUT2D eigenvalue weighted by Crippen LogP contribution is -2.58. The van der Waals surface area contributed by atoms with Gasteiger partial charge in [0.15, 0.2) is 0 Å². The quantitative estimate of drug-likeness (QED) is 0.730. The minimum absolute atomic E-state index is 0.0630. The van der Waals surface area contributed by atoms with Crippen molar-refractivity contribution in [2.24, 2.45) is 5.73 Å². The second kappa shape index (κ2) is 7.05. The molecule has 1 amide bonds. The van der Waals surface area contributed by atoms with Crippen molar-refractivity contribution in [1.29, 1.82) is 0 Å². The molecule has 0 bridgehead atoms. The predicted octanol–water partition coefficient (Wildman–Crippen LogP) is -0.885. The molecule has 2 aliphatic rings. The van der Waals surface area contributed by atoms with Crippen LogP contribution in [0.2, 0.25) is 0 Å². The Morgan fingerprint density at radius 2 is 1.57 bits per heavy atom. The van der Waals surface area contributed by atoms with Gasteiger partial charge in [0.1, 0.15) is 0 Å². The van der Waals surface area contributed by atoms with Crippen LogP contribution in [0, 0.1) is 0 Å². The van der Waals surface area contributed by atoms with E-state index in [0.717, 1.165) is 52.4 Å². The molecule has 0 radical (unpaired) electrons. The number of hydrogen-bond donors (Lipinski definition) is 1. The first kappa shape index (κ1) is 16.7. The Hall–Kier alpha value is -0.690. The molecule has 0 spiro atoms. The van der Waals surface area contributed by atoms with E-state index in [-0.39, 0.29) is 11.4 Å². The van der Waals surface area contributed by atoms with Crippen LogP contribution in [-0.2, 0) is 4.79 Å². The molecule has 122 valence electrons. The van der Waals surface area contributed by atoms with Crippen LogP contribution in [0.4, 0.5) is 0 Å². The maximum absolute atomic E-state index is 12.3. The van der Waals surface area contributed by atoms with Gasteiger partial charge in [-0.05, 0) is 20.9 Å². The van der Waals surface area contributed by atoms with Crippen molar-refractivity contribution in [3.63, 3.8) is 0 Å². The largest absolute Gasteiger partial charge is 0.339 e. The average Bonchev–Trinajstić information content (AvgIpc) is 2.48. The molecule has 2 N–H and O–H groups in total. The molecule has 2 heterocycles. The highest BCUT2D eigenvalue weighted by molar-refractivity contribution is 5.78. The SMILES string of the molecule is CN1CCN(C(=O)CN2CCN(C(C)(C)CN)CC2)CC1. The van der Waals surface area contributed by atoms with Crippen molar-refractivity contribution in [1.82, 2.24) is 19.6 Å². The van der Waals surface area contributed by atoms with Crippen LogP contribution >= 0.6 is 0 Å². The van der Waals surface area contributed by atoms with Crippen molar-refractivity contribution in [3.05, 3.63) is 0 Å². The molecule has 2 rings (SSSR count). The molecule has 0 aromatic carbocycles. The van der Waals surface area contributed by atoms with Gasteiger partial charge in [-0.15, -0.1) is 0 Å². The molecule has 0 aliphatic carbocycles. The van der Waals surface area contributed by atoms with Crippen molar-refractivity contribution in [2.75, 3.05) is 72.5 Å². The third kappa shape index (κ3) is 4.39. The summed E-state index contributed by atoms with van der Waals surface area (Å²) in [5.74, 6) is 0.287. The highest BCUT2D eigenvalue weighted by Gasteiger charge is 2.30. The fourth-order valence-electron chi connectivity index (χ4n) is 2.99. The van der Waals surface area contributed by atoms with E-state index in [1.807, 2.05) is 4.90 Å². The molecule has 6 nitrogen and oxygen atoms in total. The number of carbonyl (C=O) groups excluding carboxylic acids is 1. The van der Waals surface area contributed by atoms with Gasteiger partial charge in [-0.1, -0.05) is 0 Å². The summed E-state index contributed by atoms with van der Waals surface area (Å²) in [5, 5.41) is 0. The first-order valence-corrected chi connectivity index (χ1v) is 8.06. The Kier molecular flexibility index (Phi) is 5.60. The third-order valence-corrected chi connectivity index (χ3v) is 4.94. The van der Waals surface area contributed by atoms with Gasteiger partial charge in [-0.3, -0.25) is 14.6 Å². The zero-order valence-electron chi connectivity index (χ0n) is 13.8. The van der Waals surface area contributed by atoms with Crippen molar-refractivity contribution in [2.45, 2.75) is 19.4 Å². The number of piperazine rings is 2. The van der Waals surface area contributed by atoms with E-state index >= 15 is 0 Å². The van der Waals surface area contributed by atoms with Crippen LogP contribution in [0.25, 0.3) is 0 Å². The van der Waals surface area contributed by atoms with E-state index in [1.54, 1.807) is 0 Å². The lowest BCUT2D eigenvalue weighted by molar-refractivity contribution is -0.134. The van der Waals surface area contributed by atoms with Gasteiger partial charge in [-0.25, -0.2) is 0 Å². The number of nitrogens with zero attached hydrogens (tertiary/aromatic N) is 4. The predicted molar refractivity (Wildman–Crippen MR) is 85.2 cm³/mol. The molecule has 0 aromatic rings. The first-order chi connectivity index (χ1) is 9.92. The Labute approximate surface area is 128 Å². The summed E-state index contributed by atoms with van der Waals surface area (Å²) < 4.78 is 0. The second-order valence-electron chi connectivity index (χ2n) is 6.96. The maximum Gasteiger partial charge on any atom is 0.236 e. The van der Waals surface area contributed by atoms with Crippen molar-refractivity contribution >= 4 is 5.91 Å². The minimum Gasteiger partial charge on any atom is -0.339 e. The molecule has 21 heavy (non-hydrogen) atoms. The normalized spacial score (nSPS) is 23.5. The molecule has 2 aliphatic heterocycles. The molecule has 0 unspecified atom stereocenters. The van der Waals surface area contributed by atoms with Gasteiger partial charge in [0.05, 0.1) is 6.54 Å². The zero-order chi connectivity index (χ0) is 15.5. The number of likely N-dealkylation sites (N-methyl/N-ethyl adjacent to an activating group) is 1. The van der Waals surface area contributed by atoms with Crippen LogP contribution in [0.5, 0.6) is 0 Å². The van der Waals surface area contributed by atoms with Gasteiger partial charge in [0.2, 0.25) is 5.91 Å². The lowest BCUT2D eigenvalue weighted by atomic mass is 10.0. The van der Waals surface area contributed by atoms with E-state index in [1.165, 1.54) is 0 Å². The highest BCUT2D eigenvalue weighted by Crippen LogP contribution is 2.15. The average molecular weight is 297 g/mol. The van der Waals surface area contributed by atoms with Crippen molar-refractivity contribution < 1.29 is 4.79 Å². The number of amides is 1. The topological polar surface area (TPSA) is 56.0 Å². The molecular weight excluding hydrogens is 266 g/mol. The summed E-state index contributed by atoms with van der Waals surface area (Å²) in [7, 11) is 2.11. The number of rotatable bonds is 4. The summed E-state index contributed by atoms with van der Waals surface area (Å²) in [4.78, 5) is 21.3. The number of hydrogen-bond acceptors (Lipinski definition) is 5. The summed E-state index contributed by atoms with van der Waals surface area (Å²) in [6.07, 6.45) is 0. The first-order valence-electron chi connectivity index (χ1n) is 8.06. The Balaban J connectivity index is 1.74. The van der Waals surface area contributed by atoms with Crippen LogP contribution in [0.1, 0.15) is 13.8 Å². The van der Waals surface area contributed by atoms with E-state index in [9.17, 15) is 4.79 Å². The molecule has 0 aromatic heterocycles. The molecule has 2 fully saturated rings. The van der Waals surface area contributed by atoms with E-state index in [2.05, 4.69) is 35.6 Å². The summed E-state index contributed by atoms with van der Waals surface area (Å²) >= 11 is 0. The minimum atomic E-state index is 0.0630. The Morgan fingerprint density at radius 1 is 1.00 bits per heavy atom. The van der Waals surface area contributed by atoms with Gasteiger partial charge in [0.25, 0.3) is 0 Å². The monoisotopic (exact) mass is 297 g/mol. The van der Waals surface area contributed by atoms with Crippen LogP contribution < -0.4 is 5.73 Å². The maximum atomic E-state index is 12.3. The van der Waals surface area contributed by atoms with Gasteiger partial charge in [0, 0.05) is 64.4 Å². The summed E-state index contributed by atoms with van der Waals surface area (Å²) in [6, 6.07) is 0. The van der Waals surface area contributed by atoms with E-state index in [4.69, 9.17) is 5.73 Å². The summed E-state index contributed by atoms with van der Waals surface area (Å²) in [5.41, 5.74) is 5.90. The van der Waals surface area contributed by atoms with Crippen molar-refractivity contribution in [3.8, 4) is 0 Å². The second-order valence-corrected chi connectivity index (χ2v) is 6.96. The van der Waals surface area contributed by atoms with E-state index < -0.39 is 0 Å². The molecular formula is C15H31N5O. The highest BCUT2D eigenvalue weighted by atomic mass is 16.2. The fourth-order valence-corrected chi connectivity index (χ4v) is 2.99. The number of nitrogens with two attached hydrogens (primary N) is 1. The van der Waals surface area contributed by atoms with Gasteiger partial charge in [-0.2, -0.15) is 0 Å². The van der Waals surface area contributed by atoms with E-state index in [0.29, 0.717) is 13.1 Å². The molecule has 0 atom stereocenters. The number of carbonyl (C=O) groups is 1. The Bertz CT molecular complexity index is 344. The van der Waals surface area contributed by atoms with Gasteiger partial charge >= 0.3 is 0 Å². The Morgan fingerprint density at radius 3 is 2.10 bits per heavy atom. The molecule has 0 saturated carbocycles. The zero-order valence-corrected chi connectivity index (χ0v) is 13.8. The van der Waals surface area contributed by atoms with Gasteiger partial charge < -0.3 is 15.5 Å². The standard InChI is InChI=1S/C15H31N5O/c1-15(2,13-16)20-10-6-18(7-11-20)12-14(21)19-8-4-17(3)5-9-19/h4-13,16H2,1-3H3. The van der Waals surface area contributed by atoms with Crippen LogP contribution in [0.3, 0.4) is 0 Å². The fraction of sp³-hybridized carbons (Fsp3) is 0.933. The van der Waals surface area contributed by atoms with Crippen LogP contribution in [0.15, 0.2) is 0 Å².